The van der Waals surface area contributed by atoms with E-state index in [0.29, 0.717) is 47.1 Å². The van der Waals surface area contributed by atoms with Gasteiger partial charge in [-0.15, -0.1) is 0 Å². The number of anilines is 1. The molecular weight excluding hydrogens is 560 g/mol. The van der Waals surface area contributed by atoms with Gasteiger partial charge in [0.15, 0.2) is 16.6 Å². The fourth-order valence-electron chi connectivity index (χ4n) is 5.14. The number of ether oxygens (including phenoxy) is 4. The zero-order chi connectivity index (χ0) is 30.1. The number of carbonyl (C=O) groups is 3. The molecule has 11 heteroatoms. The number of fused-ring (bicyclic) bond motifs is 1. The van der Waals surface area contributed by atoms with Crippen molar-refractivity contribution in [3.05, 3.63) is 69.2 Å². The number of Topliss-reactive ketones (excluding diaryl/α,β-unsaturated/α-hetero) is 1. The number of aromatic nitrogens is 1. The van der Waals surface area contributed by atoms with Gasteiger partial charge in [0.05, 0.1) is 38.1 Å². The van der Waals surface area contributed by atoms with E-state index in [-0.39, 0.29) is 27.4 Å². The SMILES string of the molecule is CCCCOc1ccc(C2C(=C(O)c3ccc4c(c3)CC(C)O4)C(=O)C(=O)N2c2nc(C)c(C(=O)OC)s2)cc1OC. The quantitative estimate of drug-likeness (QED) is 0.115. The Hall–Kier alpha value is -4.38. The summed E-state index contributed by atoms with van der Waals surface area (Å²) in [4.78, 5) is 45.5. The van der Waals surface area contributed by atoms with Crippen molar-refractivity contribution < 1.29 is 38.4 Å². The Balaban J connectivity index is 1.67. The van der Waals surface area contributed by atoms with E-state index < -0.39 is 23.7 Å². The van der Waals surface area contributed by atoms with Crippen LogP contribution in [0.1, 0.15) is 64.8 Å². The topological polar surface area (TPSA) is 124 Å². The largest absolute Gasteiger partial charge is 0.507 e. The van der Waals surface area contributed by atoms with Gasteiger partial charge in [0.1, 0.15) is 22.5 Å². The number of hydrogen-bond donors (Lipinski definition) is 1. The molecule has 1 saturated heterocycles. The molecule has 0 radical (unpaired) electrons. The van der Waals surface area contributed by atoms with Crippen LogP contribution in [0.2, 0.25) is 0 Å². The van der Waals surface area contributed by atoms with Gasteiger partial charge in [-0.2, -0.15) is 0 Å². The van der Waals surface area contributed by atoms with Gasteiger partial charge in [-0.1, -0.05) is 30.7 Å². The van der Waals surface area contributed by atoms with E-state index in [2.05, 4.69) is 11.9 Å². The number of methoxy groups -OCH3 is 2. The summed E-state index contributed by atoms with van der Waals surface area (Å²) >= 11 is 0.937. The monoisotopic (exact) mass is 592 g/mol. The van der Waals surface area contributed by atoms with Gasteiger partial charge in [0.25, 0.3) is 5.78 Å². The third-order valence-corrected chi connectivity index (χ3v) is 8.37. The van der Waals surface area contributed by atoms with Gasteiger partial charge in [-0.3, -0.25) is 14.5 Å². The number of thiazole rings is 1. The molecule has 2 atom stereocenters. The molecule has 3 aromatic rings. The number of nitrogens with zero attached hydrogens (tertiary/aromatic N) is 2. The van der Waals surface area contributed by atoms with Crippen LogP contribution in [-0.4, -0.2) is 54.7 Å². The van der Waals surface area contributed by atoms with Crippen LogP contribution >= 0.6 is 11.3 Å². The van der Waals surface area contributed by atoms with Crippen molar-refractivity contribution in [2.45, 2.75) is 52.2 Å². The summed E-state index contributed by atoms with van der Waals surface area (Å²) in [5, 5.41) is 11.7. The molecule has 2 aliphatic heterocycles. The van der Waals surface area contributed by atoms with Crippen LogP contribution in [0.15, 0.2) is 42.0 Å². The number of benzene rings is 2. The number of aliphatic hydroxyl groups excluding tert-OH is 1. The Bertz CT molecular complexity index is 1590. The summed E-state index contributed by atoms with van der Waals surface area (Å²) in [6.45, 7) is 6.14. The highest BCUT2D eigenvalue weighted by molar-refractivity contribution is 7.17. The lowest BCUT2D eigenvalue weighted by Gasteiger charge is -2.24. The van der Waals surface area contributed by atoms with Crippen LogP contribution in [0.4, 0.5) is 5.13 Å². The third kappa shape index (κ3) is 5.20. The maximum absolute atomic E-state index is 13.6. The molecule has 3 heterocycles. The number of ketones is 1. The Kier molecular flexibility index (Phi) is 8.22. The molecule has 0 aliphatic carbocycles. The Morgan fingerprint density at radius 2 is 1.95 bits per heavy atom. The molecule has 1 amide bonds. The fourth-order valence-corrected chi connectivity index (χ4v) is 6.15. The van der Waals surface area contributed by atoms with Crippen molar-refractivity contribution in [2.24, 2.45) is 0 Å². The minimum absolute atomic E-state index is 0.00866. The van der Waals surface area contributed by atoms with Crippen molar-refractivity contribution >= 4 is 39.9 Å². The van der Waals surface area contributed by atoms with Gasteiger partial charge in [-0.05, 0) is 61.7 Å². The van der Waals surface area contributed by atoms with Crippen molar-refractivity contribution in [1.82, 2.24) is 4.98 Å². The molecule has 1 fully saturated rings. The van der Waals surface area contributed by atoms with E-state index in [4.69, 9.17) is 18.9 Å². The van der Waals surface area contributed by atoms with Crippen LogP contribution < -0.4 is 19.1 Å². The number of esters is 1. The second-order valence-corrected chi connectivity index (χ2v) is 11.1. The first-order chi connectivity index (χ1) is 20.2. The number of hydrogen-bond acceptors (Lipinski definition) is 10. The first-order valence-corrected chi connectivity index (χ1v) is 14.5. The molecule has 2 unspecified atom stereocenters. The minimum Gasteiger partial charge on any atom is -0.507 e. The zero-order valence-corrected chi connectivity index (χ0v) is 24.9. The van der Waals surface area contributed by atoms with Gasteiger partial charge in [0.2, 0.25) is 0 Å². The molecular formula is C31H32N2O8S. The average Bonchev–Trinajstić information content (AvgIpc) is 3.63. The molecule has 0 spiro atoms. The van der Waals surface area contributed by atoms with E-state index in [1.807, 2.05) is 6.92 Å². The summed E-state index contributed by atoms with van der Waals surface area (Å²) in [5.74, 6) is -1.06. The zero-order valence-electron chi connectivity index (χ0n) is 24.1. The number of aryl methyl sites for hydroxylation is 1. The van der Waals surface area contributed by atoms with Gasteiger partial charge < -0.3 is 24.1 Å². The van der Waals surface area contributed by atoms with E-state index in [1.54, 1.807) is 43.3 Å². The number of unbranched alkanes of at least 4 members (excludes halogenated alkanes) is 1. The lowest BCUT2D eigenvalue weighted by Crippen LogP contribution is -2.29. The van der Waals surface area contributed by atoms with Gasteiger partial charge in [0, 0.05) is 12.0 Å². The molecule has 42 heavy (non-hydrogen) atoms. The molecule has 10 nitrogen and oxygen atoms in total. The van der Waals surface area contributed by atoms with Crippen molar-refractivity contribution in [1.29, 1.82) is 0 Å². The summed E-state index contributed by atoms with van der Waals surface area (Å²) in [6, 6.07) is 9.22. The average molecular weight is 593 g/mol. The number of rotatable bonds is 9. The summed E-state index contributed by atoms with van der Waals surface area (Å²) in [6.07, 6.45) is 2.47. The molecule has 5 rings (SSSR count). The maximum atomic E-state index is 13.6. The summed E-state index contributed by atoms with van der Waals surface area (Å²) < 4.78 is 22.1. The lowest BCUT2D eigenvalue weighted by atomic mass is 9.94. The standard InChI is InChI=1S/C31H32N2O8S/c1-6-7-12-40-22-11-8-18(15-23(22)38-4)25-24(26(34)19-9-10-21-20(14-19)13-16(2)41-21)27(35)29(36)33(25)31-32-17(3)28(42-31)30(37)39-5/h8-11,14-16,25,34H,6-7,12-13H2,1-5H3. The van der Waals surface area contributed by atoms with Crippen LogP contribution in [0, 0.1) is 6.92 Å². The Morgan fingerprint density at radius 1 is 1.17 bits per heavy atom. The molecule has 0 saturated carbocycles. The molecule has 1 aromatic heterocycles. The van der Waals surface area contributed by atoms with Crippen molar-refractivity contribution in [3.8, 4) is 17.2 Å². The Morgan fingerprint density at radius 3 is 2.67 bits per heavy atom. The van der Waals surface area contributed by atoms with Crippen LogP contribution in [0.3, 0.4) is 0 Å². The van der Waals surface area contributed by atoms with E-state index in [9.17, 15) is 19.5 Å². The highest BCUT2D eigenvalue weighted by Gasteiger charge is 2.48. The first kappa shape index (κ1) is 29.1. The molecule has 1 N–H and O–H groups in total. The summed E-state index contributed by atoms with van der Waals surface area (Å²) in [7, 11) is 2.76. The lowest BCUT2D eigenvalue weighted by molar-refractivity contribution is -0.132. The third-order valence-electron chi connectivity index (χ3n) is 7.23. The minimum atomic E-state index is -1.07. The number of amides is 1. The highest BCUT2D eigenvalue weighted by Crippen LogP contribution is 2.46. The second-order valence-electron chi connectivity index (χ2n) is 10.1. The van der Waals surface area contributed by atoms with Gasteiger partial charge >= 0.3 is 11.9 Å². The van der Waals surface area contributed by atoms with E-state index in [1.165, 1.54) is 19.1 Å². The van der Waals surface area contributed by atoms with E-state index in [0.717, 1.165) is 29.7 Å². The van der Waals surface area contributed by atoms with Crippen molar-refractivity contribution in [2.75, 3.05) is 25.7 Å². The molecule has 220 valence electrons. The highest BCUT2D eigenvalue weighted by atomic mass is 32.1. The predicted molar refractivity (Wildman–Crippen MR) is 157 cm³/mol. The maximum Gasteiger partial charge on any atom is 0.350 e. The molecule has 2 aromatic carbocycles. The molecule has 2 aliphatic rings. The first-order valence-electron chi connectivity index (χ1n) is 13.7. The smallest absolute Gasteiger partial charge is 0.350 e. The van der Waals surface area contributed by atoms with E-state index >= 15 is 0 Å². The Labute approximate surface area is 247 Å². The van der Waals surface area contributed by atoms with Crippen LogP contribution in [0.5, 0.6) is 17.2 Å². The summed E-state index contributed by atoms with van der Waals surface area (Å²) in [5.41, 5.74) is 2.01. The predicted octanol–water partition coefficient (Wildman–Crippen LogP) is 5.38. The normalized spacial score (nSPS) is 19.0. The van der Waals surface area contributed by atoms with Gasteiger partial charge in [-0.25, -0.2) is 9.78 Å². The second kappa shape index (κ2) is 11.8. The number of carbonyl (C=O) groups excluding carboxylic acids is 3. The van der Waals surface area contributed by atoms with Crippen LogP contribution in [0.25, 0.3) is 5.76 Å². The fraction of sp³-hybridized carbons (Fsp3) is 0.355. The number of aliphatic hydroxyl groups is 1. The van der Waals surface area contributed by atoms with Crippen LogP contribution in [-0.2, 0) is 20.7 Å². The molecule has 0 bridgehead atoms. The van der Waals surface area contributed by atoms with Crippen molar-refractivity contribution in [3.63, 3.8) is 0 Å².